The molecule has 112 valence electrons. The van der Waals surface area contributed by atoms with E-state index in [0.29, 0.717) is 6.04 Å². The van der Waals surface area contributed by atoms with E-state index in [-0.39, 0.29) is 12.0 Å². The van der Waals surface area contributed by atoms with Crippen LogP contribution in [0.1, 0.15) is 71.6 Å². The van der Waals surface area contributed by atoms with Crippen LogP contribution in [-0.4, -0.2) is 24.3 Å². The van der Waals surface area contributed by atoms with Gasteiger partial charge in [-0.25, -0.2) is 0 Å². The Balaban J connectivity index is 1.88. The highest BCUT2D eigenvalue weighted by atomic mass is 16.3. The number of aliphatic hydroxyl groups excluding tert-OH is 1. The van der Waals surface area contributed by atoms with E-state index >= 15 is 0 Å². The van der Waals surface area contributed by atoms with Gasteiger partial charge in [0.1, 0.15) is 0 Å². The first-order valence-corrected chi connectivity index (χ1v) is 8.47. The van der Waals surface area contributed by atoms with Gasteiger partial charge in [0.05, 0.1) is 0 Å². The average Bonchev–Trinajstić information content (AvgIpc) is 2.46. The molecule has 0 spiro atoms. The van der Waals surface area contributed by atoms with Crippen molar-refractivity contribution in [1.29, 1.82) is 0 Å². The Morgan fingerprint density at radius 3 is 2.26 bits per heavy atom. The highest BCUT2D eigenvalue weighted by Crippen LogP contribution is 2.38. The number of nitrogens with one attached hydrogen (secondary N) is 1. The Morgan fingerprint density at radius 2 is 1.58 bits per heavy atom. The molecule has 2 atom stereocenters. The third-order valence-electron chi connectivity index (χ3n) is 5.35. The molecule has 0 bridgehead atoms. The molecular weight excluding hydrogens is 234 g/mol. The number of hydrogen-bond acceptors (Lipinski definition) is 2. The molecule has 2 rings (SSSR count). The van der Waals surface area contributed by atoms with Crippen molar-refractivity contribution in [3.63, 3.8) is 0 Å². The maximum atomic E-state index is 9.40. The van der Waals surface area contributed by atoms with E-state index in [2.05, 4.69) is 19.2 Å². The van der Waals surface area contributed by atoms with Crippen molar-refractivity contribution in [2.75, 3.05) is 13.2 Å². The standard InChI is InChI=1S/C17H33NO/c1-17(2,13-19)12-18-16-11-7-6-10-15(16)14-8-4-3-5-9-14/h14-16,18-19H,3-13H2,1-2H3. The van der Waals surface area contributed by atoms with Crippen LogP contribution in [0.4, 0.5) is 0 Å². The topological polar surface area (TPSA) is 32.3 Å². The van der Waals surface area contributed by atoms with Gasteiger partial charge in [-0.05, 0) is 24.7 Å². The Bertz CT molecular complexity index is 258. The molecular formula is C17H33NO. The molecule has 2 fully saturated rings. The van der Waals surface area contributed by atoms with E-state index in [1.165, 1.54) is 57.8 Å². The van der Waals surface area contributed by atoms with Crippen LogP contribution >= 0.6 is 0 Å². The third-order valence-corrected chi connectivity index (χ3v) is 5.35. The van der Waals surface area contributed by atoms with Gasteiger partial charge in [-0.15, -0.1) is 0 Å². The van der Waals surface area contributed by atoms with Crippen molar-refractivity contribution in [1.82, 2.24) is 5.32 Å². The summed E-state index contributed by atoms with van der Waals surface area (Å²) in [5, 5.41) is 13.2. The maximum Gasteiger partial charge on any atom is 0.0494 e. The summed E-state index contributed by atoms with van der Waals surface area (Å²) in [5.41, 5.74) is 0.0224. The van der Waals surface area contributed by atoms with Crippen LogP contribution in [0.15, 0.2) is 0 Å². The van der Waals surface area contributed by atoms with Crippen LogP contribution in [0.5, 0.6) is 0 Å². The van der Waals surface area contributed by atoms with Gasteiger partial charge in [0.2, 0.25) is 0 Å². The molecule has 2 unspecified atom stereocenters. The van der Waals surface area contributed by atoms with Crippen molar-refractivity contribution in [2.45, 2.75) is 77.7 Å². The summed E-state index contributed by atoms with van der Waals surface area (Å²) >= 11 is 0. The summed E-state index contributed by atoms with van der Waals surface area (Å²) in [4.78, 5) is 0. The smallest absolute Gasteiger partial charge is 0.0494 e. The molecule has 2 aliphatic rings. The van der Waals surface area contributed by atoms with E-state index in [4.69, 9.17) is 0 Å². The largest absolute Gasteiger partial charge is 0.396 e. The summed E-state index contributed by atoms with van der Waals surface area (Å²) in [6.07, 6.45) is 12.9. The normalized spacial score (nSPS) is 30.5. The van der Waals surface area contributed by atoms with Crippen LogP contribution in [0, 0.1) is 17.3 Å². The fraction of sp³-hybridized carbons (Fsp3) is 1.00. The molecule has 2 nitrogen and oxygen atoms in total. The molecule has 0 aromatic carbocycles. The summed E-state index contributed by atoms with van der Waals surface area (Å²) < 4.78 is 0. The molecule has 0 amide bonds. The molecule has 0 aromatic heterocycles. The van der Waals surface area contributed by atoms with E-state index in [1.54, 1.807) is 0 Å². The zero-order valence-electron chi connectivity index (χ0n) is 13.0. The zero-order chi connectivity index (χ0) is 13.7. The van der Waals surface area contributed by atoms with Crippen molar-refractivity contribution in [3.05, 3.63) is 0 Å². The number of hydrogen-bond donors (Lipinski definition) is 2. The summed E-state index contributed by atoms with van der Waals surface area (Å²) in [6.45, 7) is 5.54. The monoisotopic (exact) mass is 267 g/mol. The first-order valence-electron chi connectivity index (χ1n) is 8.47. The second-order valence-corrected chi connectivity index (χ2v) is 7.66. The van der Waals surface area contributed by atoms with Crippen LogP contribution in [0.3, 0.4) is 0 Å². The highest BCUT2D eigenvalue weighted by Gasteiger charge is 2.33. The van der Waals surface area contributed by atoms with Crippen LogP contribution < -0.4 is 5.32 Å². The summed E-state index contributed by atoms with van der Waals surface area (Å²) in [5.74, 6) is 1.88. The van der Waals surface area contributed by atoms with Gasteiger partial charge in [-0.3, -0.25) is 0 Å². The first kappa shape index (κ1) is 15.3. The lowest BCUT2D eigenvalue weighted by Gasteiger charge is -2.40. The summed E-state index contributed by atoms with van der Waals surface area (Å²) in [6, 6.07) is 0.711. The second-order valence-electron chi connectivity index (χ2n) is 7.66. The van der Waals surface area contributed by atoms with Crippen LogP contribution in [-0.2, 0) is 0 Å². The molecule has 0 heterocycles. The van der Waals surface area contributed by atoms with E-state index in [1.807, 2.05) is 0 Å². The lowest BCUT2D eigenvalue weighted by Crippen LogP contribution is -2.46. The third kappa shape index (κ3) is 4.46. The quantitative estimate of drug-likeness (QED) is 0.795. The Kier molecular flexibility index (Phi) is 5.70. The fourth-order valence-corrected chi connectivity index (χ4v) is 4.00. The van der Waals surface area contributed by atoms with Gasteiger partial charge < -0.3 is 10.4 Å². The average molecular weight is 267 g/mol. The second kappa shape index (κ2) is 7.08. The van der Waals surface area contributed by atoms with Gasteiger partial charge in [0, 0.05) is 24.6 Å². The molecule has 2 N–H and O–H groups in total. The Morgan fingerprint density at radius 1 is 0.947 bits per heavy atom. The highest BCUT2D eigenvalue weighted by molar-refractivity contribution is 4.88. The Labute approximate surface area is 119 Å². The Hall–Kier alpha value is -0.0800. The van der Waals surface area contributed by atoms with Gasteiger partial charge in [0.15, 0.2) is 0 Å². The molecule has 2 heteroatoms. The van der Waals surface area contributed by atoms with Crippen molar-refractivity contribution in [2.24, 2.45) is 17.3 Å². The van der Waals surface area contributed by atoms with Crippen molar-refractivity contribution >= 4 is 0 Å². The van der Waals surface area contributed by atoms with Gasteiger partial charge in [-0.2, -0.15) is 0 Å². The predicted molar refractivity (Wildman–Crippen MR) is 81.2 cm³/mol. The van der Waals surface area contributed by atoms with Gasteiger partial charge in [-0.1, -0.05) is 58.8 Å². The molecule has 19 heavy (non-hydrogen) atoms. The predicted octanol–water partition coefficient (Wildman–Crippen LogP) is 3.73. The van der Waals surface area contributed by atoms with E-state index in [0.717, 1.165) is 18.4 Å². The lowest BCUT2D eigenvalue weighted by molar-refractivity contribution is 0.117. The van der Waals surface area contributed by atoms with Crippen LogP contribution in [0.25, 0.3) is 0 Å². The minimum Gasteiger partial charge on any atom is -0.396 e. The summed E-state index contributed by atoms with van der Waals surface area (Å²) in [7, 11) is 0. The molecule has 2 aliphatic carbocycles. The molecule has 0 aliphatic heterocycles. The first-order chi connectivity index (χ1) is 9.12. The van der Waals surface area contributed by atoms with E-state index < -0.39 is 0 Å². The van der Waals surface area contributed by atoms with Gasteiger partial charge in [0.25, 0.3) is 0 Å². The minimum atomic E-state index is 0.0224. The molecule has 0 saturated heterocycles. The SMILES string of the molecule is CC(C)(CO)CNC1CCCCC1C1CCCCC1. The van der Waals surface area contributed by atoms with E-state index in [9.17, 15) is 5.11 Å². The van der Waals surface area contributed by atoms with Crippen molar-refractivity contribution in [3.8, 4) is 0 Å². The number of aliphatic hydroxyl groups is 1. The fourth-order valence-electron chi connectivity index (χ4n) is 4.00. The maximum absolute atomic E-state index is 9.40. The molecule has 2 saturated carbocycles. The molecule has 0 aromatic rings. The number of rotatable bonds is 5. The van der Waals surface area contributed by atoms with Crippen LogP contribution in [0.2, 0.25) is 0 Å². The molecule has 0 radical (unpaired) electrons. The minimum absolute atomic E-state index is 0.0224. The van der Waals surface area contributed by atoms with Crippen molar-refractivity contribution < 1.29 is 5.11 Å². The zero-order valence-corrected chi connectivity index (χ0v) is 13.0. The lowest BCUT2D eigenvalue weighted by atomic mass is 9.71. The van der Waals surface area contributed by atoms with Gasteiger partial charge >= 0.3 is 0 Å².